The number of para-hydroxylation sites is 1. The highest BCUT2D eigenvalue weighted by Crippen LogP contribution is 2.23. The zero-order chi connectivity index (χ0) is 25.4. The van der Waals surface area contributed by atoms with Gasteiger partial charge in [0.05, 0.1) is 17.8 Å². The normalized spacial score (nSPS) is 11.4. The minimum Gasteiger partial charge on any atom is -0.478 e. The van der Waals surface area contributed by atoms with E-state index in [1.54, 1.807) is 31.2 Å². The molecule has 0 aliphatic carbocycles. The molecule has 0 radical (unpaired) electrons. The Labute approximate surface area is 203 Å². The lowest BCUT2D eigenvalue weighted by atomic mass is 10.1. The van der Waals surface area contributed by atoms with Gasteiger partial charge in [0.2, 0.25) is 0 Å². The fourth-order valence-corrected chi connectivity index (χ4v) is 3.27. The van der Waals surface area contributed by atoms with Crippen molar-refractivity contribution < 1.29 is 24.2 Å². The van der Waals surface area contributed by atoms with E-state index in [4.69, 9.17) is 15.6 Å². The number of ether oxygens (including phenoxy) is 1. The number of benzene rings is 3. The van der Waals surface area contributed by atoms with Gasteiger partial charge in [-0.15, -0.1) is 0 Å². The molecule has 3 aromatic rings. The van der Waals surface area contributed by atoms with Crippen molar-refractivity contribution in [2.45, 2.75) is 26.5 Å². The number of rotatable bonds is 10. The Morgan fingerprint density at radius 3 is 2.37 bits per heavy atom. The standard InChI is InChI=1S/C26H28N4O5/c1-16-5-3-4-6-23(16)30-26(34)29-20-10-7-18(8-11-20)13-21(31)15-28-17(2)35-24-12-9-19(25(32)33)14-22(24)27/h3-12,14,17,28H,13,15,27H2,1-2H3,(H,32,33)(H2,29,30,34). The summed E-state index contributed by atoms with van der Waals surface area (Å²) in [6.45, 7) is 3.71. The summed E-state index contributed by atoms with van der Waals surface area (Å²) in [5.41, 5.74) is 9.22. The number of carboxylic acid groups (broad SMARTS) is 1. The molecular formula is C26H28N4O5. The minimum atomic E-state index is -1.07. The molecule has 0 aromatic heterocycles. The molecule has 1 unspecified atom stereocenters. The second-order valence-corrected chi connectivity index (χ2v) is 8.01. The quantitative estimate of drug-likeness (QED) is 0.219. The van der Waals surface area contributed by atoms with Crippen molar-refractivity contribution in [3.8, 4) is 5.75 Å². The molecule has 0 fully saturated rings. The molecule has 182 valence electrons. The van der Waals surface area contributed by atoms with Crippen LogP contribution in [0, 0.1) is 6.92 Å². The summed E-state index contributed by atoms with van der Waals surface area (Å²) in [5, 5.41) is 17.5. The first kappa shape index (κ1) is 25.3. The highest BCUT2D eigenvalue weighted by Gasteiger charge is 2.12. The van der Waals surface area contributed by atoms with Gasteiger partial charge in [-0.3, -0.25) is 10.1 Å². The van der Waals surface area contributed by atoms with Crippen molar-refractivity contribution in [1.82, 2.24) is 5.32 Å². The van der Waals surface area contributed by atoms with E-state index in [2.05, 4.69) is 16.0 Å². The van der Waals surface area contributed by atoms with Gasteiger partial charge in [-0.05, 0) is 61.4 Å². The van der Waals surface area contributed by atoms with Crippen molar-refractivity contribution in [2.24, 2.45) is 0 Å². The molecule has 1 atom stereocenters. The van der Waals surface area contributed by atoms with Crippen LogP contribution in [0.5, 0.6) is 5.75 Å². The van der Waals surface area contributed by atoms with Crippen molar-refractivity contribution in [1.29, 1.82) is 0 Å². The Balaban J connectivity index is 1.44. The molecule has 6 N–H and O–H groups in total. The molecule has 35 heavy (non-hydrogen) atoms. The fourth-order valence-electron chi connectivity index (χ4n) is 3.27. The molecular weight excluding hydrogens is 448 g/mol. The highest BCUT2D eigenvalue weighted by atomic mass is 16.5. The van der Waals surface area contributed by atoms with E-state index in [0.29, 0.717) is 11.4 Å². The first-order valence-electron chi connectivity index (χ1n) is 11.0. The Morgan fingerprint density at radius 2 is 1.71 bits per heavy atom. The maximum absolute atomic E-state index is 12.4. The monoisotopic (exact) mass is 476 g/mol. The molecule has 0 saturated heterocycles. The number of hydrogen-bond acceptors (Lipinski definition) is 6. The van der Waals surface area contributed by atoms with Crippen LogP contribution in [0.4, 0.5) is 21.9 Å². The third-order valence-electron chi connectivity index (χ3n) is 5.15. The summed E-state index contributed by atoms with van der Waals surface area (Å²) in [4.78, 5) is 35.6. The Bertz CT molecular complexity index is 1210. The lowest BCUT2D eigenvalue weighted by Gasteiger charge is -2.17. The molecule has 0 spiro atoms. The molecule has 9 nitrogen and oxygen atoms in total. The van der Waals surface area contributed by atoms with Crippen LogP contribution >= 0.6 is 0 Å². The van der Waals surface area contributed by atoms with Crippen LogP contribution in [0.15, 0.2) is 66.7 Å². The number of amides is 2. The molecule has 0 saturated carbocycles. The number of carbonyl (C=O) groups is 3. The van der Waals surface area contributed by atoms with E-state index in [1.807, 2.05) is 31.2 Å². The van der Waals surface area contributed by atoms with Gasteiger partial charge in [0.15, 0.2) is 5.78 Å². The predicted molar refractivity (Wildman–Crippen MR) is 135 cm³/mol. The van der Waals surface area contributed by atoms with Crippen LogP contribution in [0.25, 0.3) is 0 Å². The number of carbonyl (C=O) groups excluding carboxylic acids is 2. The minimum absolute atomic E-state index is 0.0485. The summed E-state index contributed by atoms with van der Waals surface area (Å²) in [6, 6.07) is 18.4. The maximum Gasteiger partial charge on any atom is 0.335 e. The zero-order valence-corrected chi connectivity index (χ0v) is 19.5. The number of aromatic carboxylic acids is 1. The van der Waals surface area contributed by atoms with Crippen molar-refractivity contribution in [2.75, 3.05) is 22.9 Å². The van der Waals surface area contributed by atoms with Gasteiger partial charge in [-0.2, -0.15) is 0 Å². The number of nitrogens with one attached hydrogen (secondary N) is 3. The topological polar surface area (TPSA) is 143 Å². The van der Waals surface area contributed by atoms with Crippen LogP contribution < -0.4 is 26.4 Å². The van der Waals surface area contributed by atoms with E-state index in [1.165, 1.54) is 18.2 Å². The summed E-state index contributed by atoms with van der Waals surface area (Å²) < 4.78 is 5.66. The number of nitrogens with two attached hydrogens (primary N) is 1. The number of nitrogen functional groups attached to an aromatic ring is 1. The molecule has 3 rings (SSSR count). The summed E-state index contributed by atoms with van der Waals surface area (Å²) >= 11 is 0. The van der Waals surface area contributed by atoms with Gasteiger partial charge >= 0.3 is 12.0 Å². The Hall–Kier alpha value is -4.37. The lowest BCUT2D eigenvalue weighted by molar-refractivity contribution is -0.118. The molecule has 3 aromatic carbocycles. The number of hydrogen-bond donors (Lipinski definition) is 5. The van der Waals surface area contributed by atoms with Crippen LogP contribution in [0.2, 0.25) is 0 Å². The fraction of sp³-hybridized carbons (Fsp3) is 0.192. The van der Waals surface area contributed by atoms with Gasteiger partial charge in [-0.25, -0.2) is 9.59 Å². The molecule has 0 heterocycles. The van der Waals surface area contributed by atoms with Gasteiger partial charge in [-0.1, -0.05) is 30.3 Å². The second-order valence-electron chi connectivity index (χ2n) is 8.01. The highest BCUT2D eigenvalue weighted by molar-refractivity contribution is 6.00. The number of urea groups is 1. The molecule has 9 heteroatoms. The van der Waals surface area contributed by atoms with Crippen LogP contribution in [-0.4, -0.2) is 35.7 Å². The summed E-state index contributed by atoms with van der Waals surface area (Å²) in [7, 11) is 0. The van der Waals surface area contributed by atoms with Gasteiger partial charge in [0, 0.05) is 17.8 Å². The molecule has 0 aliphatic rings. The first-order valence-corrected chi connectivity index (χ1v) is 11.0. The Morgan fingerprint density at radius 1 is 1.00 bits per heavy atom. The van der Waals surface area contributed by atoms with Gasteiger partial charge in [0.1, 0.15) is 12.0 Å². The number of carboxylic acids is 1. The second kappa shape index (κ2) is 11.7. The average Bonchev–Trinajstić information content (AvgIpc) is 2.81. The van der Waals surface area contributed by atoms with Gasteiger partial charge in [0.25, 0.3) is 0 Å². The molecule has 0 aliphatic heterocycles. The van der Waals surface area contributed by atoms with Crippen molar-refractivity contribution in [3.05, 3.63) is 83.4 Å². The number of anilines is 3. The van der Waals surface area contributed by atoms with Crippen molar-refractivity contribution in [3.63, 3.8) is 0 Å². The van der Waals surface area contributed by atoms with Crippen molar-refractivity contribution >= 4 is 34.8 Å². The Kier molecular flexibility index (Phi) is 8.42. The van der Waals surface area contributed by atoms with E-state index < -0.39 is 12.2 Å². The van der Waals surface area contributed by atoms with Gasteiger partial charge < -0.3 is 26.2 Å². The van der Waals surface area contributed by atoms with Crippen LogP contribution in [-0.2, 0) is 11.2 Å². The largest absolute Gasteiger partial charge is 0.478 e. The maximum atomic E-state index is 12.4. The molecule has 0 bridgehead atoms. The number of ketones is 1. The summed E-state index contributed by atoms with van der Waals surface area (Å²) in [5.74, 6) is -0.793. The molecule has 2 amide bonds. The van der Waals surface area contributed by atoms with Crippen LogP contribution in [0.1, 0.15) is 28.4 Å². The average molecular weight is 477 g/mol. The smallest absolute Gasteiger partial charge is 0.335 e. The van der Waals surface area contributed by atoms with E-state index in [9.17, 15) is 14.4 Å². The summed E-state index contributed by atoms with van der Waals surface area (Å²) in [6.07, 6.45) is -0.305. The van der Waals surface area contributed by atoms with E-state index in [0.717, 1.165) is 16.8 Å². The number of Topliss-reactive ketones (excluding diaryl/α,β-unsaturated/α-hetero) is 1. The number of aryl methyl sites for hydroxylation is 1. The third kappa shape index (κ3) is 7.58. The SMILES string of the molecule is Cc1ccccc1NC(=O)Nc1ccc(CC(=O)CNC(C)Oc2ccc(C(=O)O)cc2N)cc1. The zero-order valence-electron chi connectivity index (χ0n) is 19.5. The third-order valence-corrected chi connectivity index (χ3v) is 5.15. The van der Waals surface area contributed by atoms with E-state index >= 15 is 0 Å². The lowest BCUT2D eigenvalue weighted by Crippen LogP contribution is -2.36. The first-order chi connectivity index (χ1) is 16.7. The predicted octanol–water partition coefficient (Wildman–Crippen LogP) is 4.05. The van der Waals surface area contributed by atoms with Crippen LogP contribution in [0.3, 0.4) is 0 Å². The van der Waals surface area contributed by atoms with E-state index in [-0.39, 0.29) is 36.0 Å².